The minimum Gasteiger partial charge on any atom is -0.465 e. The van der Waals surface area contributed by atoms with Crippen molar-refractivity contribution in [3.05, 3.63) is 34.4 Å². The van der Waals surface area contributed by atoms with E-state index in [1.807, 2.05) is 13.0 Å². The lowest BCUT2D eigenvalue weighted by Crippen LogP contribution is -2.19. The summed E-state index contributed by atoms with van der Waals surface area (Å²) in [6, 6.07) is 3.64. The van der Waals surface area contributed by atoms with Gasteiger partial charge < -0.3 is 4.74 Å². The topological polar surface area (TPSA) is 43.4 Å². The second-order valence-corrected chi connectivity index (χ2v) is 10.3. The van der Waals surface area contributed by atoms with E-state index in [4.69, 9.17) is 39.5 Å². The van der Waals surface area contributed by atoms with Gasteiger partial charge in [0.1, 0.15) is 3.74 Å². The highest BCUT2D eigenvalue weighted by Crippen LogP contribution is 2.40. The Morgan fingerprint density at radius 3 is 2.08 bits per heavy atom. The van der Waals surface area contributed by atoms with Gasteiger partial charge in [-0.3, -0.25) is 4.79 Å². The van der Waals surface area contributed by atoms with E-state index in [1.165, 1.54) is 13.5 Å². The van der Waals surface area contributed by atoms with E-state index in [-0.39, 0.29) is 5.78 Å². The van der Waals surface area contributed by atoms with E-state index >= 15 is 0 Å². The molecule has 24 heavy (non-hydrogen) atoms. The van der Waals surface area contributed by atoms with Crippen LogP contribution in [0.3, 0.4) is 0 Å². The third kappa shape index (κ3) is 6.17. The number of Topliss-reactive ketones (excluding diaryl/α,β-unsaturated/α-hetero) is 1. The van der Waals surface area contributed by atoms with Crippen LogP contribution in [0.5, 0.6) is 0 Å². The van der Waals surface area contributed by atoms with Crippen LogP contribution in [0.15, 0.2) is 12.1 Å². The van der Waals surface area contributed by atoms with Crippen LogP contribution in [0.2, 0.25) is 0 Å². The predicted molar refractivity (Wildman–Crippen MR) is 106 cm³/mol. The van der Waals surface area contributed by atoms with Crippen molar-refractivity contribution < 1.29 is 14.3 Å². The molecule has 2 rings (SSSR count). The monoisotopic (exact) mass is 520 g/mol. The molecule has 0 N–H and O–H groups in total. The van der Waals surface area contributed by atoms with E-state index in [9.17, 15) is 9.59 Å². The molecule has 0 atom stereocenters. The highest BCUT2D eigenvalue weighted by Gasteiger charge is 2.28. The van der Waals surface area contributed by atoms with Gasteiger partial charge in [-0.05, 0) is 42.9 Å². The Kier molecular flexibility index (Phi) is 9.60. The lowest BCUT2D eigenvalue weighted by molar-refractivity contribution is 0.0600. The summed E-state index contributed by atoms with van der Waals surface area (Å²) >= 11 is 20.9. The fourth-order valence-electron chi connectivity index (χ4n) is 2.45. The van der Waals surface area contributed by atoms with E-state index in [0.717, 1.165) is 24.0 Å². The number of ether oxygens (including phenoxy) is 1. The van der Waals surface area contributed by atoms with Gasteiger partial charge in [0, 0.05) is 5.56 Å². The number of hydrogen-bond donors (Lipinski definition) is 0. The standard InChI is InChI=1S/C15H16Br2O3.CHCl3/c1-8-6-11(9-4-3-5-9)12(13(18)14(16)17)7-10(8)15(19)20-2;2-1(3)4/h6-7,9,14H,3-5H2,1-2H3;1H. The highest BCUT2D eigenvalue weighted by atomic mass is 79.9. The zero-order valence-corrected chi connectivity index (χ0v) is 18.6. The zero-order valence-electron chi connectivity index (χ0n) is 13.1. The lowest BCUT2D eigenvalue weighted by Gasteiger charge is -2.28. The number of esters is 1. The lowest BCUT2D eigenvalue weighted by atomic mass is 9.76. The Labute approximate surface area is 173 Å². The SMILES string of the molecule is COC(=O)c1cc(C(=O)C(Br)Br)c(C2CCC2)cc1C.ClC(Cl)Cl. The molecule has 0 bridgehead atoms. The van der Waals surface area contributed by atoms with Gasteiger partial charge in [0.2, 0.25) is 0 Å². The fraction of sp³-hybridized carbons (Fsp3) is 0.500. The van der Waals surface area contributed by atoms with E-state index in [0.29, 0.717) is 17.0 Å². The van der Waals surface area contributed by atoms with E-state index in [2.05, 4.69) is 31.9 Å². The Morgan fingerprint density at radius 1 is 1.17 bits per heavy atom. The Morgan fingerprint density at radius 2 is 1.71 bits per heavy atom. The van der Waals surface area contributed by atoms with Crippen LogP contribution >= 0.6 is 66.7 Å². The first-order valence-electron chi connectivity index (χ1n) is 7.16. The molecule has 1 fully saturated rings. The van der Waals surface area contributed by atoms with Gasteiger partial charge in [0.05, 0.1) is 12.7 Å². The van der Waals surface area contributed by atoms with Crippen LogP contribution in [-0.2, 0) is 4.74 Å². The van der Waals surface area contributed by atoms with Crippen molar-refractivity contribution in [2.24, 2.45) is 0 Å². The molecule has 1 aromatic carbocycles. The smallest absolute Gasteiger partial charge is 0.338 e. The number of halogens is 5. The molecule has 1 aromatic rings. The van der Waals surface area contributed by atoms with Gasteiger partial charge in [-0.15, -0.1) is 0 Å². The molecule has 0 heterocycles. The summed E-state index contributed by atoms with van der Waals surface area (Å²) in [7, 11) is 1.35. The van der Waals surface area contributed by atoms with Crippen molar-refractivity contribution in [1.29, 1.82) is 0 Å². The summed E-state index contributed by atoms with van der Waals surface area (Å²) in [6.45, 7) is 1.88. The van der Waals surface area contributed by atoms with Crippen LogP contribution in [0, 0.1) is 6.92 Å². The highest BCUT2D eigenvalue weighted by molar-refractivity contribution is 9.25. The van der Waals surface area contributed by atoms with Crippen molar-refractivity contribution in [3.8, 4) is 0 Å². The fourth-order valence-corrected chi connectivity index (χ4v) is 2.94. The van der Waals surface area contributed by atoms with Crippen LogP contribution in [0.1, 0.15) is 57.0 Å². The summed E-state index contributed by atoms with van der Waals surface area (Å²) < 4.78 is 3.59. The van der Waals surface area contributed by atoms with Crippen LogP contribution in [0.4, 0.5) is 0 Å². The van der Waals surface area contributed by atoms with Crippen LogP contribution in [-0.4, -0.2) is 26.9 Å². The van der Waals surface area contributed by atoms with Gasteiger partial charge in [-0.1, -0.05) is 79.1 Å². The van der Waals surface area contributed by atoms with Gasteiger partial charge >= 0.3 is 5.97 Å². The van der Waals surface area contributed by atoms with Crippen molar-refractivity contribution >= 4 is 78.4 Å². The molecule has 1 saturated carbocycles. The summed E-state index contributed by atoms with van der Waals surface area (Å²) in [5.74, 6) is -0.0347. The molecule has 0 unspecified atom stereocenters. The minimum absolute atomic E-state index is 0.0583. The third-order valence-electron chi connectivity index (χ3n) is 3.81. The second kappa shape index (κ2) is 10.4. The van der Waals surface area contributed by atoms with Crippen molar-refractivity contribution in [2.45, 2.75) is 40.1 Å². The van der Waals surface area contributed by atoms with E-state index < -0.39 is 14.0 Å². The van der Waals surface area contributed by atoms with Crippen molar-refractivity contribution in [3.63, 3.8) is 0 Å². The van der Waals surface area contributed by atoms with Gasteiger partial charge in [0.15, 0.2) is 10.1 Å². The number of methoxy groups -OCH3 is 1. The molecule has 134 valence electrons. The van der Waals surface area contributed by atoms with Crippen LogP contribution in [0.25, 0.3) is 0 Å². The number of hydrogen-bond acceptors (Lipinski definition) is 3. The number of ketones is 1. The van der Waals surface area contributed by atoms with Crippen molar-refractivity contribution in [2.75, 3.05) is 7.11 Å². The summed E-state index contributed by atoms with van der Waals surface area (Å²) in [4.78, 5) is 24.1. The quantitative estimate of drug-likeness (QED) is 0.263. The molecular weight excluding hydrogens is 506 g/mol. The molecule has 0 aromatic heterocycles. The number of alkyl halides is 5. The Hall–Kier alpha value is 0.190. The molecule has 1 aliphatic rings. The Bertz CT molecular complexity index is 600. The number of carbonyl (C=O) groups excluding carboxylic acids is 2. The number of aryl methyl sites for hydroxylation is 1. The summed E-state index contributed by atoms with van der Waals surface area (Å²) in [5, 5.41) is 0. The normalized spacial score (nSPS) is 14.0. The molecular formula is C16H17Br2Cl3O3. The predicted octanol–water partition coefficient (Wildman–Crippen LogP) is 6.33. The second-order valence-electron chi connectivity index (χ2n) is 5.29. The molecule has 0 amide bonds. The van der Waals surface area contributed by atoms with E-state index in [1.54, 1.807) is 6.07 Å². The average Bonchev–Trinajstić information content (AvgIpc) is 2.43. The van der Waals surface area contributed by atoms with Crippen LogP contribution < -0.4 is 0 Å². The largest absolute Gasteiger partial charge is 0.465 e. The first-order chi connectivity index (χ1) is 11.2. The third-order valence-corrected chi connectivity index (χ3v) is 4.64. The number of benzene rings is 1. The molecule has 8 heteroatoms. The first-order valence-corrected chi connectivity index (χ1v) is 10.3. The first kappa shape index (κ1) is 22.2. The van der Waals surface area contributed by atoms with Gasteiger partial charge in [0.25, 0.3) is 0 Å². The average molecular weight is 523 g/mol. The maximum Gasteiger partial charge on any atom is 0.338 e. The zero-order chi connectivity index (χ0) is 18.4. The molecule has 3 nitrogen and oxygen atoms in total. The molecule has 0 aliphatic heterocycles. The van der Waals surface area contributed by atoms with Gasteiger partial charge in [-0.2, -0.15) is 0 Å². The minimum atomic E-state index is -0.750. The maximum atomic E-state index is 12.3. The molecule has 0 saturated heterocycles. The molecule has 0 spiro atoms. The number of rotatable bonds is 4. The maximum absolute atomic E-state index is 12.3. The Balaban J connectivity index is 0.000000648. The molecule has 1 aliphatic carbocycles. The van der Waals surface area contributed by atoms with Crippen molar-refractivity contribution in [1.82, 2.24) is 0 Å². The summed E-state index contributed by atoms with van der Waals surface area (Å²) in [5.41, 5.74) is 2.98. The number of carbonyl (C=O) groups is 2. The summed E-state index contributed by atoms with van der Waals surface area (Å²) in [6.07, 6.45) is 3.40. The van der Waals surface area contributed by atoms with Gasteiger partial charge in [-0.25, -0.2) is 4.79 Å². The molecule has 0 radical (unpaired) electrons.